The Balaban J connectivity index is 2.13. The number of hydrogen-bond acceptors (Lipinski definition) is 2. The Bertz CT molecular complexity index is 433. The SMILES string of the molecule is CC(C(=O)O)N1CC(c2ccccc2)NC1=O. The van der Waals surface area contributed by atoms with Crippen molar-refractivity contribution >= 4 is 12.0 Å². The largest absolute Gasteiger partial charge is 0.480 e. The first-order valence-electron chi connectivity index (χ1n) is 5.44. The number of benzene rings is 1. The van der Waals surface area contributed by atoms with Crippen molar-refractivity contribution in [2.24, 2.45) is 0 Å². The van der Waals surface area contributed by atoms with Gasteiger partial charge < -0.3 is 15.3 Å². The first-order valence-corrected chi connectivity index (χ1v) is 5.44. The number of carboxylic acids is 1. The number of urea groups is 1. The third kappa shape index (κ3) is 2.22. The van der Waals surface area contributed by atoms with Gasteiger partial charge in [0.25, 0.3) is 0 Å². The van der Waals surface area contributed by atoms with E-state index in [1.165, 1.54) is 11.8 Å². The fourth-order valence-corrected chi connectivity index (χ4v) is 1.90. The van der Waals surface area contributed by atoms with Gasteiger partial charge in [0.15, 0.2) is 0 Å². The number of aliphatic carboxylic acids is 1. The van der Waals surface area contributed by atoms with Crippen LogP contribution in [0, 0.1) is 0 Å². The molecule has 0 bridgehead atoms. The van der Waals surface area contributed by atoms with Crippen molar-refractivity contribution in [1.29, 1.82) is 0 Å². The Morgan fingerprint density at radius 2 is 2.12 bits per heavy atom. The Morgan fingerprint density at radius 3 is 2.71 bits per heavy atom. The first kappa shape index (κ1) is 11.4. The Kier molecular flexibility index (Phi) is 2.99. The van der Waals surface area contributed by atoms with E-state index in [-0.39, 0.29) is 12.1 Å². The molecule has 1 aromatic rings. The van der Waals surface area contributed by atoms with E-state index in [9.17, 15) is 9.59 Å². The third-order valence-corrected chi connectivity index (χ3v) is 2.96. The maximum atomic E-state index is 11.7. The van der Waals surface area contributed by atoms with Crippen molar-refractivity contribution < 1.29 is 14.7 Å². The summed E-state index contributed by atoms with van der Waals surface area (Å²) in [5.74, 6) is -0.992. The lowest BCUT2D eigenvalue weighted by atomic mass is 10.1. The minimum absolute atomic E-state index is 0.134. The van der Waals surface area contributed by atoms with Crippen molar-refractivity contribution in [3.8, 4) is 0 Å². The molecule has 1 aliphatic rings. The van der Waals surface area contributed by atoms with Crippen LogP contribution in [0.4, 0.5) is 4.79 Å². The summed E-state index contributed by atoms with van der Waals surface area (Å²) in [6, 6.07) is 8.26. The molecule has 2 unspecified atom stereocenters. The maximum absolute atomic E-state index is 11.7. The smallest absolute Gasteiger partial charge is 0.326 e. The van der Waals surface area contributed by atoms with Crippen molar-refractivity contribution in [3.63, 3.8) is 0 Å². The van der Waals surface area contributed by atoms with Crippen molar-refractivity contribution in [3.05, 3.63) is 35.9 Å². The highest BCUT2D eigenvalue weighted by molar-refractivity contribution is 5.84. The van der Waals surface area contributed by atoms with Crippen LogP contribution in [-0.4, -0.2) is 34.6 Å². The predicted molar refractivity (Wildman–Crippen MR) is 61.5 cm³/mol. The van der Waals surface area contributed by atoms with Crippen LogP contribution in [0.5, 0.6) is 0 Å². The molecule has 2 atom stereocenters. The number of amides is 2. The van der Waals surface area contributed by atoms with E-state index in [1.807, 2.05) is 30.3 Å². The van der Waals surface area contributed by atoms with Crippen LogP contribution in [0.3, 0.4) is 0 Å². The maximum Gasteiger partial charge on any atom is 0.326 e. The number of carbonyl (C=O) groups is 2. The van der Waals surface area contributed by atoms with Gasteiger partial charge in [-0.05, 0) is 12.5 Å². The van der Waals surface area contributed by atoms with Gasteiger partial charge in [-0.2, -0.15) is 0 Å². The molecule has 2 rings (SSSR count). The standard InChI is InChI=1S/C12H14N2O3/c1-8(11(15)16)14-7-10(13-12(14)17)9-5-3-2-4-6-9/h2-6,8,10H,7H2,1H3,(H,13,17)(H,15,16). The van der Waals surface area contributed by atoms with Crippen LogP contribution in [-0.2, 0) is 4.79 Å². The van der Waals surface area contributed by atoms with E-state index in [0.717, 1.165) is 5.56 Å². The van der Waals surface area contributed by atoms with E-state index in [4.69, 9.17) is 5.11 Å². The molecular formula is C12H14N2O3. The third-order valence-electron chi connectivity index (χ3n) is 2.96. The van der Waals surface area contributed by atoms with Gasteiger partial charge in [0.05, 0.1) is 6.04 Å². The van der Waals surface area contributed by atoms with Gasteiger partial charge in [0.2, 0.25) is 0 Å². The number of carboxylic acid groups (broad SMARTS) is 1. The molecule has 1 fully saturated rings. The van der Waals surface area contributed by atoms with E-state index >= 15 is 0 Å². The number of carbonyl (C=O) groups excluding carboxylic acids is 1. The minimum atomic E-state index is -0.992. The van der Waals surface area contributed by atoms with Gasteiger partial charge in [0.1, 0.15) is 6.04 Å². The monoisotopic (exact) mass is 234 g/mol. The number of nitrogens with one attached hydrogen (secondary N) is 1. The van der Waals surface area contributed by atoms with Gasteiger partial charge >= 0.3 is 12.0 Å². The quantitative estimate of drug-likeness (QED) is 0.826. The molecule has 1 aliphatic heterocycles. The molecule has 90 valence electrons. The second-order valence-corrected chi connectivity index (χ2v) is 4.08. The Morgan fingerprint density at radius 1 is 1.47 bits per heavy atom. The molecule has 2 N–H and O–H groups in total. The second kappa shape index (κ2) is 4.45. The van der Waals surface area contributed by atoms with Crippen LogP contribution in [0.1, 0.15) is 18.5 Å². The fraction of sp³-hybridized carbons (Fsp3) is 0.333. The molecular weight excluding hydrogens is 220 g/mol. The fourth-order valence-electron chi connectivity index (χ4n) is 1.90. The van der Waals surface area contributed by atoms with E-state index in [1.54, 1.807) is 0 Å². The second-order valence-electron chi connectivity index (χ2n) is 4.08. The molecule has 1 heterocycles. The zero-order chi connectivity index (χ0) is 12.4. The van der Waals surface area contributed by atoms with Crippen LogP contribution >= 0.6 is 0 Å². The number of nitrogens with zero attached hydrogens (tertiary/aromatic N) is 1. The highest BCUT2D eigenvalue weighted by atomic mass is 16.4. The molecule has 0 aromatic heterocycles. The average molecular weight is 234 g/mol. The van der Waals surface area contributed by atoms with Crippen molar-refractivity contribution in [1.82, 2.24) is 10.2 Å². The summed E-state index contributed by atoms with van der Waals surface area (Å²) in [5.41, 5.74) is 0.987. The van der Waals surface area contributed by atoms with Gasteiger partial charge in [-0.3, -0.25) is 0 Å². The van der Waals surface area contributed by atoms with Gasteiger partial charge in [-0.15, -0.1) is 0 Å². The number of hydrogen-bond donors (Lipinski definition) is 2. The molecule has 5 nitrogen and oxygen atoms in total. The van der Waals surface area contributed by atoms with Crippen molar-refractivity contribution in [2.75, 3.05) is 6.54 Å². The molecule has 0 saturated carbocycles. The molecule has 17 heavy (non-hydrogen) atoms. The molecule has 1 saturated heterocycles. The average Bonchev–Trinajstić information content (AvgIpc) is 2.71. The molecule has 0 aliphatic carbocycles. The summed E-state index contributed by atoms with van der Waals surface area (Å²) in [6.07, 6.45) is 0. The zero-order valence-electron chi connectivity index (χ0n) is 9.46. The first-order chi connectivity index (χ1) is 8.09. The van der Waals surface area contributed by atoms with Gasteiger partial charge in [-0.25, -0.2) is 9.59 Å². The summed E-state index contributed by atoms with van der Waals surface area (Å²) < 4.78 is 0. The van der Waals surface area contributed by atoms with Gasteiger partial charge in [-0.1, -0.05) is 30.3 Å². The molecule has 0 radical (unpaired) electrons. The van der Waals surface area contributed by atoms with Crippen molar-refractivity contribution in [2.45, 2.75) is 19.0 Å². The summed E-state index contributed by atoms with van der Waals surface area (Å²) in [6.45, 7) is 1.89. The van der Waals surface area contributed by atoms with E-state index < -0.39 is 12.0 Å². The number of rotatable bonds is 3. The van der Waals surface area contributed by atoms with E-state index in [2.05, 4.69) is 5.32 Å². The highest BCUT2D eigenvalue weighted by Gasteiger charge is 2.35. The van der Waals surface area contributed by atoms with Crippen LogP contribution < -0.4 is 5.32 Å². The lowest BCUT2D eigenvalue weighted by molar-refractivity contribution is -0.141. The molecule has 5 heteroatoms. The lowest BCUT2D eigenvalue weighted by Crippen LogP contribution is -2.40. The highest BCUT2D eigenvalue weighted by Crippen LogP contribution is 2.21. The molecule has 1 aromatic carbocycles. The summed E-state index contributed by atoms with van der Waals surface area (Å²) in [4.78, 5) is 23.8. The predicted octanol–water partition coefficient (Wildman–Crippen LogP) is 1.23. The summed E-state index contributed by atoms with van der Waals surface area (Å²) >= 11 is 0. The van der Waals surface area contributed by atoms with E-state index in [0.29, 0.717) is 6.54 Å². The molecule has 2 amide bonds. The van der Waals surface area contributed by atoms with Crippen LogP contribution in [0.2, 0.25) is 0 Å². The van der Waals surface area contributed by atoms with Gasteiger partial charge in [0, 0.05) is 6.54 Å². The zero-order valence-corrected chi connectivity index (χ0v) is 9.46. The Hall–Kier alpha value is -2.04. The normalized spacial score (nSPS) is 21.1. The molecule has 0 spiro atoms. The summed E-state index contributed by atoms with van der Waals surface area (Å²) in [7, 11) is 0. The Labute approximate surface area is 99.0 Å². The minimum Gasteiger partial charge on any atom is -0.480 e. The lowest BCUT2D eigenvalue weighted by Gasteiger charge is -2.19. The summed E-state index contributed by atoms with van der Waals surface area (Å²) in [5, 5.41) is 11.7. The topological polar surface area (TPSA) is 69.6 Å². The van der Waals surface area contributed by atoms with Crippen LogP contribution in [0.15, 0.2) is 30.3 Å². The van der Waals surface area contributed by atoms with Crippen LogP contribution in [0.25, 0.3) is 0 Å².